The lowest BCUT2D eigenvalue weighted by Gasteiger charge is -2.13. The zero-order chi connectivity index (χ0) is 14.7. The van der Waals surface area contributed by atoms with Crippen molar-refractivity contribution in [3.05, 3.63) is 41.2 Å². The van der Waals surface area contributed by atoms with Gasteiger partial charge in [0, 0.05) is 11.8 Å². The summed E-state index contributed by atoms with van der Waals surface area (Å²) in [5.74, 6) is 0.578. The Balaban J connectivity index is 2.04. The monoisotopic (exact) mass is 291 g/mol. The molecule has 1 heterocycles. The van der Waals surface area contributed by atoms with Crippen LogP contribution in [-0.2, 0) is 0 Å². The molecule has 1 unspecified atom stereocenters. The van der Waals surface area contributed by atoms with Gasteiger partial charge >= 0.3 is 0 Å². The van der Waals surface area contributed by atoms with E-state index in [9.17, 15) is 5.11 Å². The van der Waals surface area contributed by atoms with Gasteiger partial charge in [-0.1, -0.05) is 41.1 Å². The molecule has 0 aliphatic heterocycles. The number of aryl methyl sites for hydroxylation is 2. The predicted molar refractivity (Wildman–Crippen MR) is 82.0 cm³/mol. The van der Waals surface area contributed by atoms with Crippen LogP contribution in [0.4, 0.5) is 0 Å². The molecule has 0 saturated heterocycles. The van der Waals surface area contributed by atoms with Crippen molar-refractivity contribution in [2.45, 2.75) is 45.0 Å². The highest BCUT2D eigenvalue weighted by Crippen LogP contribution is 2.25. The van der Waals surface area contributed by atoms with Crippen molar-refractivity contribution in [1.82, 2.24) is 14.8 Å². The molecule has 0 spiro atoms. The number of hydrogen-bond donors (Lipinski definition) is 1. The van der Waals surface area contributed by atoms with Gasteiger partial charge in [0.1, 0.15) is 6.33 Å². The Morgan fingerprint density at radius 1 is 1.20 bits per heavy atom. The first-order chi connectivity index (χ1) is 9.47. The second kappa shape index (κ2) is 6.41. The number of nitrogens with zero attached hydrogens (tertiary/aromatic N) is 3. The van der Waals surface area contributed by atoms with Gasteiger partial charge in [-0.15, -0.1) is 10.2 Å². The molecule has 20 heavy (non-hydrogen) atoms. The van der Waals surface area contributed by atoms with Crippen LogP contribution in [-0.4, -0.2) is 25.6 Å². The summed E-state index contributed by atoms with van der Waals surface area (Å²) in [6.07, 6.45) is 1.24. The van der Waals surface area contributed by atoms with Crippen LogP contribution >= 0.6 is 11.8 Å². The fourth-order valence-electron chi connectivity index (χ4n) is 2.14. The maximum Gasteiger partial charge on any atom is 0.191 e. The predicted octanol–water partition coefficient (Wildman–Crippen LogP) is 3.30. The summed E-state index contributed by atoms with van der Waals surface area (Å²) in [4.78, 5) is 0. The lowest BCUT2D eigenvalue weighted by atomic mass is 10.0. The molecule has 5 heteroatoms. The highest BCUT2D eigenvalue weighted by molar-refractivity contribution is 7.99. The number of aliphatic hydroxyl groups excluding tert-OH is 1. The lowest BCUT2D eigenvalue weighted by Crippen LogP contribution is -2.05. The van der Waals surface area contributed by atoms with Gasteiger partial charge in [0.2, 0.25) is 0 Å². The number of aromatic nitrogens is 3. The molecule has 0 saturated carbocycles. The number of rotatable bonds is 5. The van der Waals surface area contributed by atoms with Crippen LogP contribution < -0.4 is 0 Å². The Kier molecular flexibility index (Phi) is 4.83. The smallest absolute Gasteiger partial charge is 0.191 e. The standard InChI is InChI=1S/C15H21N3OS/c1-10(2)18-9-16-17-15(18)20-8-14(19)13-6-11(3)5-12(4)7-13/h5-7,9-10,14,19H,8H2,1-4H3. The molecule has 2 aromatic rings. The molecule has 2 rings (SSSR count). The van der Waals surface area contributed by atoms with Gasteiger partial charge in [0.05, 0.1) is 6.10 Å². The molecule has 0 fully saturated rings. The molecule has 0 amide bonds. The van der Waals surface area contributed by atoms with E-state index < -0.39 is 6.10 Å². The Labute approximate surface area is 124 Å². The Hall–Kier alpha value is -1.33. The third-order valence-electron chi connectivity index (χ3n) is 3.10. The van der Waals surface area contributed by atoms with Crippen molar-refractivity contribution in [3.8, 4) is 0 Å². The van der Waals surface area contributed by atoms with Gasteiger partial charge in [-0.2, -0.15) is 0 Å². The second-order valence-electron chi connectivity index (χ2n) is 5.36. The van der Waals surface area contributed by atoms with Gasteiger partial charge in [-0.25, -0.2) is 0 Å². The van der Waals surface area contributed by atoms with Crippen molar-refractivity contribution < 1.29 is 5.11 Å². The third-order valence-corrected chi connectivity index (χ3v) is 4.13. The van der Waals surface area contributed by atoms with E-state index in [1.54, 1.807) is 6.33 Å². The zero-order valence-electron chi connectivity index (χ0n) is 12.4. The fraction of sp³-hybridized carbons (Fsp3) is 0.467. The summed E-state index contributed by atoms with van der Waals surface area (Å²) in [6.45, 7) is 8.28. The van der Waals surface area contributed by atoms with Crippen molar-refractivity contribution >= 4 is 11.8 Å². The van der Waals surface area contributed by atoms with E-state index in [0.717, 1.165) is 10.7 Å². The van der Waals surface area contributed by atoms with Gasteiger partial charge in [-0.05, 0) is 33.3 Å². The minimum Gasteiger partial charge on any atom is -0.388 e. The van der Waals surface area contributed by atoms with Gasteiger partial charge in [0.25, 0.3) is 0 Å². The van der Waals surface area contributed by atoms with Crippen molar-refractivity contribution in [1.29, 1.82) is 0 Å². The van der Waals surface area contributed by atoms with E-state index in [-0.39, 0.29) is 0 Å². The van der Waals surface area contributed by atoms with Crippen LogP contribution in [0, 0.1) is 13.8 Å². The highest BCUT2D eigenvalue weighted by Gasteiger charge is 2.13. The Morgan fingerprint density at radius 2 is 1.85 bits per heavy atom. The van der Waals surface area contributed by atoms with Crippen LogP contribution in [0.1, 0.15) is 42.7 Å². The normalized spacial score (nSPS) is 12.9. The minimum absolute atomic E-state index is 0.325. The van der Waals surface area contributed by atoms with E-state index in [0.29, 0.717) is 11.8 Å². The number of benzene rings is 1. The van der Waals surface area contributed by atoms with Gasteiger partial charge in [-0.3, -0.25) is 0 Å². The number of hydrogen-bond acceptors (Lipinski definition) is 4. The Morgan fingerprint density at radius 3 is 2.45 bits per heavy atom. The van der Waals surface area contributed by atoms with E-state index in [2.05, 4.69) is 30.1 Å². The summed E-state index contributed by atoms with van der Waals surface area (Å²) in [5, 5.41) is 19.2. The van der Waals surface area contributed by atoms with Crippen LogP contribution in [0.25, 0.3) is 0 Å². The molecule has 1 N–H and O–H groups in total. The third kappa shape index (κ3) is 3.61. The summed E-state index contributed by atoms with van der Waals surface area (Å²) < 4.78 is 2.01. The number of thioether (sulfide) groups is 1. The largest absolute Gasteiger partial charge is 0.388 e. The molecule has 1 aromatic carbocycles. The Bertz CT molecular complexity index is 560. The van der Waals surface area contributed by atoms with E-state index in [1.807, 2.05) is 30.5 Å². The molecular formula is C15H21N3OS. The maximum absolute atomic E-state index is 10.3. The zero-order valence-corrected chi connectivity index (χ0v) is 13.2. The van der Waals surface area contributed by atoms with Crippen LogP contribution in [0.15, 0.2) is 29.7 Å². The van der Waals surface area contributed by atoms with E-state index >= 15 is 0 Å². The van der Waals surface area contributed by atoms with Crippen molar-refractivity contribution in [3.63, 3.8) is 0 Å². The molecule has 1 atom stereocenters. The minimum atomic E-state index is -0.490. The molecule has 0 bridgehead atoms. The van der Waals surface area contributed by atoms with Gasteiger partial charge in [0.15, 0.2) is 5.16 Å². The SMILES string of the molecule is Cc1cc(C)cc(C(O)CSc2nncn2C(C)C)c1. The maximum atomic E-state index is 10.3. The van der Waals surface area contributed by atoms with Crippen molar-refractivity contribution in [2.75, 3.05) is 5.75 Å². The molecule has 4 nitrogen and oxygen atoms in total. The number of aliphatic hydroxyl groups is 1. The molecule has 0 aliphatic carbocycles. The molecular weight excluding hydrogens is 270 g/mol. The van der Waals surface area contributed by atoms with Crippen LogP contribution in [0.2, 0.25) is 0 Å². The lowest BCUT2D eigenvalue weighted by molar-refractivity contribution is 0.204. The average molecular weight is 291 g/mol. The highest BCUT2D eigenvalue weighted by atomic mass is 32.2. The summed E-state index contributed by atoms with van der Waals surface area (Å²) >= 11 is 1.54. The van der Waals surface area contributed by atoms with Crippen LogP contribution in [0.3, 0.4) is 0 Å². The van der Waals surface area contributed by atoms with Crippen molar-refractivity contribution in [2.24, 2.45) is 0 Å². The first-order valence-electron chi connectivity index (χ1n) is 6.76. The second-order valence-corrected chi connectivity index (χ2v) is 6.35. The average Bonchev–Trinajstić information content (AvgIpc) is 2.83. The molecule has 0 aliphatic rings. The van der Waals surface area contributed by atoms with Gasteiger partial charge < -0.3 is 9.67 Å². The topological polar surface area (TPSA) is 50.9 Å². The quantitative estimate of drug-likeness (QED) is 0.859. The first-order valence-corrected chi connectivity index (χ1v) is 7.74. The summed E-state index contributed by atoms with van der Waals surface area (Å²) in [6, 6.07) is 6.50. The summed E-state index contributed by atoms with van der Waals surface area (Å²) in [5.41, 5.74) is 3.31. The molecule has 0 radical (unpaired) electrons. The molecule has 108 valence electrons. The van der Waals surface area contributed by atoms with E-state index in [4.69, 9.17) is 0 Å². The fourth-order valence-corrected chi connectivity index (χ4v) is 3.15. The van der Waals surface area contributed by atoms with Crippen LogP contribution in [0.5, 0.6) is 0 Å². The van der Waals surface area contributed by atoms with E-state index in [1.165, 1.54) is 22.9 Å². The first kappa shape index (κ1) is 15.1. The summed E-state index contributed by atoms with van der Waals surface area (Å²) in [7, 11) is 0. The molecule has 1 aromatic heterocycles.